The van der Waals surface area contributed by atoms with Gasteiger partial charge in [-0.3, -0.25) is 9.48 Å². The molecule has 10 nitrogen and oxygen atoms in total. The number of amides is 1. The van der Waals surface area contributed by atoms with Gasteiger partial charge in [-0.1, -0.05) is 0 Å². The number of aromatic nitrogens is 3. The van der Waals surface area contributed by atoms with Crippen LogP contribution >= 0.6 is 0 Å². The summed E-state index contributed by atoms with van der Waals surface area (Å²) in [6, 6.07) is 10.5. The number of anilines is 1. The minimum atomic E-state index is -3.33. The molecular formula is C21H24N4O6S. The largest absolute Gasteiger partial charge is 0.472 e. The number of carbonyl (C=O) groups is 1. The van der Waals surface area contributed by atoms with Crippen molar-refractivity contribution < 1.29 is 27.4 Å². The summed E-state index contributed by atoms with van der Waals surface area (Å²) in [5.41, 5.74) is 0.244. The molecule has 1 amide bonds. The maximum atomic E-state index is 12.8. The minimum Gasteiger partial charge on any atom is -0.472 e. The van der Waals surface area contributed by atoms with Gasteiger partial charge in [-0.2, -0.15) is 10.1 Å². The molecule has 2 heterocycles. The van der Waals surface area contributed by atoms with Gasteiger partial charge in [0.1, 0.15) is 11.9 Å². The van der Waals surface area contributed by atoms with Crippen LogP contribution in [0.5, 0.6) is 17.5 Å². The lowest BCUT2D eigenvalue weighted by atomic mass is 10.2. The average Bonchev–Trinajstić information content (AvgIpc) is 3.12. The van der Waals surface area contributed by atoms with Crippen molar-refractivity contribution in [3.05, 3.63) is 54.2 Å². The van der Waals surface area contributed by atoms with Gasteiger partial charge in [-0.15, -0.1) is 0 Å². The van der Waals surface area contributed by atoms with Gasteiger partial charge in [-0.25, -0.2) is 8.42 Å². The first-order chi connectivity index (χ1) is 15.1. The first-order valence-corrected chi connectivity index (χ1v) is 11.5. The summed E-state index contributed by atoms with van der Waals surface area (Å²) in [5.74, 6) is 0.593. The maximum Gasteiger partial charge on any atom is 0.257 e. The molecule has 1 atom stereocenters. The van der Waals surface area contributed by atoms with Crippen LogP contribution in [0.25, 0.3) is 0 Å². The molecule has 0 fully saturated rings. The van der Waals surface area contributed by atoms with Gasteiger partial charge < -0.3 is 19.5 Å². The lowest BCUT2D eigenvalue weighted by Crippen LogP contribution is -2.19. The number of hydrogen-bond acceptors (Lipinski definition) is 8. The van der Waals surface area contributed by atoms with E-state index in [4.69, 9.17) is 14.2 Å². The normalized spacial score (nSPS) is 12.2. The summed E-state index contributed by atoms with van der Waals surface area (Å²) < 4.78 is 41.4. The van der Waals surface area contributed by atoms with Crippen molar-refractivity contribution in [2.75, 3.05) is 25.3 Å². The van der Waals surface area contributed by atoms with Crippen LogP contribution in [0.2, 0.25) is 0 Å². The molecule has 1 aromatic carbocycles. The van der Waals surface area contributed by atoms with E-state index in [0.717, 1.165) is 6.26 Å². The highest BCUT2D eigenvalue weighted by Gasteiger charge is 2.16. The van der Waals surface area contributed by atoms with Crippen molar-refractivity contribution in [3.8, 4) is 17.5 Å². The molecule has 2 aromatic heterocycles. The smallest absolute Gasteiger partial charge is 0.257 e. The molecule has 170 valence electrons. The third-order valence-electron chi connectivity index (χ3n) is 4.19. The summed E-state index contributed by atoms with van der Waals surface area (Å²) in [6.45, 7) is 2.13. The number of nitrogens with one attached hydrogen (secondary N) is 1. The van der Waals surface area contributed by atoms with Crippen LogP contribution in [-0.4, -0.2) is 55.2 Å². The summed E-state index contributed by atoms with van der Waals surface area (Å²) >= 11 is 0. The number of hydrogen-bond donors (Lipinski definition) is 1. The molecule has 0 aliphatic heterocycles. The summed E-state index contributed by atoms with van der Waals surface area (Å²) in [6.07, 6.45) is 2.51. The number of methoxy groups -OCH3 is 1. The molecule has 0 saturated heterocycles. The highest BCUT2D eigenvalue weighted by Crippen LogP contribution is 2.26. The minimum absolute atomic E-state index is 0.102. The first kappa shape index (κ1) is 23.2. The van der Waals surface area contributed by atoms with E-state index in [9.17, 15) is 13.2 Å². The van der Waals surface area contributed by atoms with Crippen LogP contribution in [0.4, 0.5) is 5.82 Å². The van der Waals surface area contributed by atoms with Crippen molar-refractivity contribution in [1.29, 1.82) is 0 Å². The van der Waals surface area contributed by atoms with Crippen molar-refractivity contribution in [3.63, 3.8) is 0 Å². The molecule has 0 bridgehead atoms. The fourth-order valence-electron chi connectivity index (χ4n) is 2.75. The molecule has 0 spiro atoms. The zero-order valence-electron chi connectivity index (χ0n) is 18.1. The number of carbonyl (C=O) groups excluding carboxylic acids is 1. The summed E-state index contributed by atoms with van der Waals surface area (Å²) in [4.78, 5) is 17.2. The van der Waals surface area contributed by atoms with E-state index < -0.39 is 15.7 Å². The highest BCUT2D eigenvalue weighted by atomic mass is 32.2. The van der Waals surface area contributed by atoms with Gasteiger partial charge in [0.05, 0.1) is 17.1 Å². The summed E-state index contributed by atoms with van der Waals surface area (Å²) in [7, 11) is -0.0312. The SMILES string of the molecule is COC[C@@H](C)Oc1cc(C(=O)Nc2ccn(C)n2)cc(Oc2ccc(S(C)(=O)=O)cc2)n1. The maximum absolute atomic E-state index is 12.8. The van der Waals surface area contributed by atoms with E-state index in [0.29, 0.717) is 18.2 Å². The first-order valence-electron chi connectivity index (χ1n) is 9.60. The fourth-order valence-corrected chi connectivity index (χ4v) is 3.38. The van der Waals surface area contributed by atoms with Crippen molar-refractivity contribution in [1.82, 2.24) is 14.8 Å². The fraction of sp³-hybridized carbons (Fsp3) is 0.286. The van der Waals surface area contributed by atoms with Crippen molar-refractivity contribution in [2.24, 2.45) is 7.05 Å². The molecule has 1 N–H and O–H groups in total. The quantitative estimate of drug-likeness (QED) is 0.517. The zero-order valence-corrected chi connectivity index (χ0v) is 18.9. The predicted molar refractivity (Wildman–Crippen MR) is 117 cm³/mol. The van der Waals surface area contributed by atoms with E-state index >= 15 is 0 Å². The highest BCUT2D eigenvalue weighted by molar-refractivity contribution is 7.90. The van der Waals surface area contributed by atoms with Crippen LogP contribution < -0.4 is 14.8 Å². The Labute approximate surface area is 186 Å². The Morgan fingerprint density at radius 2 is 1.84 bits per heavy atom. The predicted octanol–water partition coefficient (Wildman–Crippen LogP) is 2.68. The van der Waals surface area contributed by atoms with Gasteiger partial charge in [0, 0.05) is 44.8 Å². The molecule has 0 radical (unpaired) electrons. The second-order valence-electron chi connectivity index (χ2n) is 7.09. The van der Waals surface area contributed by atoms with E-state index in [-0.39, 0.29) is 28.3 Å². The number of sulfone groups is 1. The van der Waals surface area contributed by atoms with Gasteiger partial charge >= 0.3 is 0 Å². The number of ether oxygens (including phenoxy) is 3. The standard InChI is InChI=1S/C21H24N4O6S/c1-14(13-29-3)30-19-11-15(21(26)22-18-9-10-25(2)24-18)12-20(23-19)31-16-5-7-17(8-6-16)32(4,27)28/h5-12,14H,13H2,1-4H3,(H,22,24,26)/t14-/m1/s1. The Bertz CT molecular complexity index is 1190. The van der Waals surface area contributed by atoms with Crippen LogP contribution in [-0.2, 0) is 21.6 Å². The Morgan fingerprint density at radius 1 is 1.16 bits per heavy atom. The van der Waals surface area contributed by atoms with Crippen molar-refractivity contribution in [2.45, 2.75) is 17.9 Å². The van der Waals surface area contributed by atoms with Gasteiger partial charge in [-0.05, 0) is 31.2 Å². The molecular weight excluding hydrogens is 436 g/mol. The molecule has 32 heavy (non-hydrogen) atoms. The number of benzene rings is 1. The zero-order chi connectivity index (χ0) is 23.3. The van der Waals surface area contributed by atoms with E-state index in [1.165, 1.54) is 36.4 Å². The lowest BCUT2D eigenvalue weighted by molar-refractivity contribution is 0.0882. The molecule has 3 aromatic rings. The van der Waals surface area contributed by atoms with Crippen molar-refractivity contribution >= 4 is 21.6 Å². The van der Waals surface area contributed by atoms with E-state index in [2.05, 4.69) is 15.4 Å². The van der Waals surface area contributed by atoms with Crippen LogP contribution in [0, 0.1) is 0 Å². The molecule has 0 aliphatic carbocycles. The molecule has 0 saturated carbocycles. The van der Waals surface area contributed by atoms with Crippen LogP contribution in [0.1, 0.15) is 17.3 Å². The Hall–Kier alpha value is -3.44. The Balaban J connectivity index is 1.87. The molecule has 0 unspecified atom stereocenters. The van der Waals surface area contributed by atoms with Gasteiger partial charge in [0.15, 0.2) is 15.7 Å². The summed E-state index contributed by atoms with van der Waals surface area (Å²) in [5, 5.41) is 6.83. The monoisotopic (exact) mass is 460 g/mol. The molecule has 0 aliphatic rings. The van der Waals surface area contributed by atoms with Crippen LogP contribution in [0.15, 0.2) is 53.6 Å². The number of nitrogens with zero attached hydrogens (tertiary/aromatic N) is 3. The Kier molecular flexibility index (Phi) is 7.11. The number of rotatable bonds is 9. The van der Waals surface area contributed by atoms with Gasteiger partial charge in [0.25, 0.3) is 5.91 Å². The average molecular weight is 461 g/mol. The van der Waals surface area contributed by atoms with E-state index in [1.54, 1.807) is 38.0 Å². The van der Waals surface area contributed by atoms with Crippen LogP contribution in [0.3, 0.4) is 0 Å². The lowest BCUT2D eigenvalue weighted by Gasteiger charge is -2.15. The topological polar surface area (TPSA) is 122 Å². The second-order valence-corrected chi connectivity index (χ2v) is 9.11. The number of pyridine rings is 1. The molecule has 3 rings (SSSR count). The third-order valence-corrected chi connectivity index (χ3v) is 5.32. The third kappa shape index (κ3) is 6.28. The van der Waals surface area contributed by atoms with Gasteiger partial charge in [0.2, 0.25) is 11.8 Å². The second kappa shape index (κ2) is 9.79. The molecule has 11 heteroatoms. The Morgan fingerprint density at radius 3 is 2.44 bits per heavy atom. The van der Waals surface area contributed by atoms with E-state index in [1.807, 2.05) is 0 Å². The number of aryl methyl sites for hydroxylation is 1.